The van der Waals surface area contributed by atoms with E-state index in [9.17, 15) is 4.79 Å². The fourth-order valence-electron chi connectivity index (χ4n) is 6.08. The number of ketones is 1. The zero-order valence-corrected chi connectivity index (χ0v) is 23.8. The third kappa shape index (κ3) is 5.31. The molecule has 0 aromatic heterocycles. The maximum atomic E-state index is 14.1. The lowest BCUT2D eigenvalue weighted by Crippen LogP contribution is -2.35. The summed E-state index contributed by atoms with van der Waals surface area (Å²) >= 11 is 0. The molecule has 1 aliphatic carbocycles. The molecular formula is C41H31NO. The van der Waals surface area contributed by atoms with Crippen LogP contribution in [0.5, 0.6) is 0 Å². The molecule has 7 rings (SSSR count). The minimum absolute atomic E-state index is 0.0447. The van der Waals surface area contributed by atoms with Crippen molar-refractivity contribution in [1.82, 2.24) is 4.90 Å². The molecule has 0 unspecified atom stereocenters. The number of Topliss-reactive ketones (excluding diaryl/α,β-unsaturated/α-hetero) is 1. The molecular weight excluding hydrogens is 522 g/mol. The normalized spacial score (nSPS) is 15.8. The molecule has 0 N–H and O–H groups in total. The second-order valence-electron chi connectivity index (χ2n) is 10.9. The van der Waals surface area contributed by atoms with E-state index < -0.39 is 0 Å². The molecule has 1 aliphatic heterocycles. The Labute approximate surface area is 253 Å². The van der Waals surface area contributed by atoms with Gasteiger partial charge in [-0.2, -0.15) is 0 Å². The first kappa shape index (κ1) is 26.4. The Bertz CT molecular complexity index is 1730. The number of carbonyl (C=O) groups is 1. The van der Waals surface area contributed by atoms with Gasteiger partial charge in [0.05, 0.1) is 6.04 Å². The summed E-state index contributed by atoms with van der Waals surface area (Å²) in [5.74, 6) is 0.131. The van der Waals surface area contributed by atoms with Gasteiger partial charge in [0.25, 0.3) is 0 Å². The molecule has 43 heavy (non-hydrogen) atoms. The quantitative estimate of drug-likeness (QED) is 0.209. The lowest BCUT2D eigenvalue weighted by molar-refractivity contribution is -0.108. The highest BCUT2D eigenvalue weighted by Crippen LogP contribution is 2.43. The van der Waals surface area contributed by atoms with Crippen LogP contribution in [0.15, 0.2) is 176 Å². The van der Waals surface area contributed by atoms with Gasteiger partial charge in [0.1, 0.15) is 0 Å². The van der Waals surface area contributed by atoms with Crippen LogP contribution in [0.2, 0.25) is 0 Å². The molecule has 2 aliphatic rings. The fourth-order valence-corrected chi connectivity index (χ4v) is 6.08. The maximum absolute atomic E-state index is 14.1. The average molecular weight is 554 g/mol. The van der Waals surface area contributed by atoms with Crippen LogP contribution in [0.4, 0.5) is 0 Å². The monoisotopic (exact) mass is 553 g/mol. The summed E-state index contributed by atoms with van der Waals surface area (Å²) in [6.45, 7) is 0. The van der Waals surface area contributed by atoms with E-state index in [1.807, 2.05) is 60.7 Å². The van der Waals surface area contributed by atoms with E-state index >= 15 is 0 Å². The van der Waals surface area contributed by atoms with Gasteiger partial charge in [-0.3, -0.25) is 4.79 Å². The largest absolute Gasteiger partial charge is 0.330 e. The lowest BCUT2D eigenvalue weighted by Gasteiger charge is -2.40. The molecule has 2 heteroatoms. The van der Waals surface area contributed by atoms with Crippen LogP contribution >= 0.6 is 0 Å². The van der Waals surface area contributed by atoms with E-state index in [0.29, 0.717) is 0 Å². The number of benzene rings is 5. The molecule has 1 heterocycles. The zero-order valence-electron chi connectivity index (χ0n) is 23.8. The predicted molar refractivity (Wildman–Crippen MR) is 177 cm³/mol. The summed E-state index contributed by atoms with van der Waals surface area (Å²) in [5.41, 5.74) is 9.02. The molecule has 0 saturated heterocycles. The number of carbonyl (C=O) groups excluding carboxylic acids is 1. The van der Waals surface area contributed by atoms with Crippen molar-refractivity contribution in [3.63, 3.8) is 0 Å². The maximum Gasteiger partial charge on any atom is 0.193 e. The molecule has 0 spiro atoms. The zero-order chi connectivity index (χ0) is 29.0. The third-order valence-electron chi connectivity index (χ3n) is 8.15. The van der Waals surface area contributed by atoms with Crippen LogP contribution in [0.25, 0.3) is 22.5 Å². The van der Waals surface area contributed by atoms with Crippen molar-refractivity contribution in [2.24, 2.45) is 0 Å². The SMILES string of the molecule is O=C1C(c2ccccc2)=CC(N2C(c3ccccc3)=CC(c3ccccc3)C=C2c2ccccc2)C=C1c1ccccc1. The number of rotatable bonds is 6. The highest BCUT2D eigenvalue weighted by molar-refractivity contribution is 6.43. The predicted octanol–water partition coefficient (Wildman–Crippen LogP) is 9.29. The van der Waals surface area contributed by atoms with Crippen molar-refractivity contribution in [3.05, 3.63) is 204 Å². The van der Waals surface area contributed by atoms with Crippen LogP contribution in [-0.4, -0.2) is 16.7 Å². The van der Waals surface area contributed by atoms with Crippen molar-refractivity contribution in [3.8, 4) is 0 Å². The molecule has 0 fully saturated rings. The summed E-state index contributed by atoms with van der Waals surface area (Å²) in [4.78, 5) is 16.5. The van der Waals surface area contributed by atoms with Gasteiger partial charge in [-0.15, -0.1) is 0 Å². The second kappa shape index (κ2) is 11.8. The summed E-state index contributed by atoms with van der Waals surface area (Å²) in [6, 6.07) is 51.7. The summed E-state index contributed by atoms with van der Waals surface area (Å²) < 4.78 is 0. The summed E-state index contributed by atoms with van der Waals surface area (Å²) in [6.07, 6.45) is 9.00. The molecule has 0 saturated carbocycles. The van der Waals surface area contributed by atoms with Crippen molar-refractivity contribution in [2.75, 3.05) is 0 Å². The molecule has 5 aromatic rings. The van der Waals surface area contributed by atoms with E-state index in [-0.39, 0.29) is 17.7 Å². The van der Waals surface area contributed by atoms with Crippen molar-refractivity contribution in [2.45, 2.75) is 12.0 Å². The fraction of sp³-hybridized carbons (Fsp3) is 0.0488. The smallest absolute Gasteiger partial charge is 0.193 e. The highest BCUT2D eigenvalue weighted by Gasteiger charge is 2.33. The first-order valence-corrected chi connectivity index (χ1v) is 14.7. The molecule has 0 radical (unpaired) electrons. The van der Waals surface area contributed by atoms with Gasteiger partial charge in [0, 0.05) is 28.5 Å². The Morgan fingerprint density at radius 2 is 0.744 bits per heavy atom. The number of hydrogen-bond acceptors (Lipinski definition) is 2. The number of hydrogen-bond donors (Lipinski definition) is 0. The molecule has 5 aromatic carbocycles. The Hall–Kier alpha value is -5.47. The topological polar surface area (TPSA) is 20.3 Å². The molecule has 206 valence electrons. The molecule has 0 amide bonds. The first-order chi connectivity index (χ1) is 21.3. The van der Waals surface area contributed by atoms with Crippen LogP contribution in [0, 0.1) is 0 Å². The van der Waals surface area contributed by atoms with Gasteiger partial charge in [-0.05, 0) is 52.1 Å². The van der Waals surface area contributed by atoms with Crippen LogP contribution in [0.3, 0.4) is 0 Å². The minimum Gasteiger partial charge on any atom is -0.330 e. The lowest BCUT2D eigenvalue weighted by atomic mass is 9.83. The number of nitrogens with zero attached hydrogens (tertiary/aromatic N) is 1. The summed E-state index contributed by atoms with van der Waals surface area (Å²) in [7, 11) is 0. The van der Waals surface area contributed by atoms with E-state index in [1.54, 1.807) is 0 Å². The minimum atomic E-state index is -0.210. The Morgan fingerprint density at radius 1 is 0.395 bits per heavy atom. The molecule has 0 bridgehead atoms. The third-order valence-corrected chi connectivity index (χ3v) is 8.15. The van der Waals surface area contributed by atoms with Gasteiger partial charge in [0.15, 0.2) is 5.78 Å². The van der Waals surface area contributed by atoms with Crippen LogP contribution in [0.1, 0.15) is 33.7 Å². The van der Waals surface area contributed by atoms with Gasteiger partial charge >= 0.3 is 0 Å². The van der Waals surface area contributed by atoms with Crippen molar-refractivity contribution < 1.29 is 4.79 Å². The number of allylic oxidation sites excluding steroid dienone is 4. The standard InChI is InChI=1S/C41H31NO/c43-41-37(31-18-8-2-9-19-31)28-36(29-38(41)32-20-10-3-11-21-32)42-39(33-22-12-4-13-23-33)26-35(30-16-6-1-7-17-30)27-40(42)34-24-14-5-15-25-34/h1-29,35-36H. The second-order valence-corrected chi connectivity index (χ2v) is 10.9. The average Bonchev–Trinajstić information content (AvgIpc) is 3.10. The van der Waals surface area contributed by atoms with E-state index in [1.165, 1.54) is 5.56 Å². The van der Waals surface area contributed by atoms with Crippen LogP contribution < -0.4 is 0 Å². The Morgan fingerprint density at radius 3 is 1.14 bits per heavy atom. The van der Waals surface area contributed by atoms with Crippen molar-refractivity contribution in [1.29, 1.82) is 0 Å². The van der Waals surface area contributed by atoms with E-state index in [4.69, 9.17) is 0 Å². The highest BCUT2D eigenvalue weighted by atomic mass is 16.1. The Balaban J connectivity index is 1.47. The van der Waals surface area contributed by atoms with Gasteiger partial charge in [0.2, 0.25) is 0 Å². The first-order valence-electron chi connectivity index (χ1n) is 14.7. The van der Waals surface area contributed by atoms with Crippen molar-refractivity contribution >= 4 is 28.3 Å². The van der Waals surface area contributed by atoms with Gasteiger partial charge in [-0.25, -0.2) is 0 Å². The van der Waals surface area contributed by atoms with E-state index in [2.05, 4.69) is 120 Å². The summed E-state index contributed by atoms with van der Waals surface area (Å²) in [5, 5.41) is 0. The van der Waals surface area contributed by atoms with E-state index in [0.717, 1.165) is 44.8 Å². The Kier molecular flexibility index (Phi) is 7.25. The van der Waals surface area contributed by atoms with Gasteiger partial charge < -0.3 is 4.90 Å². The van der Waals surface area contributed by atoms with Gasteiger partial charge in [-0.1, -0.05) is 152 Å². The van der Waals surface area contributed by atoms with Crippen LogP contribution in [-0.2, 0) is 4.79 Å². The molecule has 0 atom stereocenters. The molecule has 2 nitrogen and oxygen atoms in total.